The van der Waals surface area contributed by atoms with Crippen LogP contribution in [0.1, 0.15) is 33.4 Å². The van der Waals surface area contributed by atoms with E-state index in [1.54, 1.807) is 0 Å². The molecule has 0 aliphatic heterocycles. The number of benzene rings is 1. The van der Waals surface area contributed by atoms with Gasteiger partial charge in [-0.05, 0) is 23.8 Å². The van der Waals surface area contributed by atoms with Crippen LogP contribution >= 0.6 is 11.6 Å². The van der Waals surface area contributed by atoms with Crippen molar-refractivity contribution < 1.29 is 0 Å². The van der Waals surface area contributed by atoms with Crippen LogP contribution in [0.25, 0.3) is 10.8 Å². The Kier molecular flexibility index (Phi) is 4.24. The van der Waals surface area contributed by atoms with Crippen molar-refractivity contribution in [2.75, 3.05) is 11.9 Å². The van der Waals surface area contributed by atoms with E-state index in [1.165, 1.54) is 10.8 Å². The Morgan fingerprint density at radius 1 is 1.25 bits per heavy atom. The summed E-state index contributed by atoms with van der Waals surface area (Å²) in [4.78, 5) is 7.01. The Labute approximate surface area is 126 Å². The summed E-state index contributed by atoms with van der Waals surface area (Å²) in [7, 11) is 2.11. The van der Waals surface area contributed by atoms with Gasteiger partial charge in [-0.25, -0.2) is 4.98 Å². The minimum Gasteiger partial charge on any atom is -0.356 e. The molecule has 1 unspecified atom stereocenters. The number of hydrogen-bond donors (Lipinski definition) is 0. The first kappa shape index (κ1) is 15.1. The highest BCUT2D eigenvalue weighted by Crippen LogP contribution is 2.31. The van der Waals surface area contributed by atoms with Crippen LogP contribution < -0.4 is 4.90 Å². The molecule has 0 spiro atoms. The van der Waals surface area contributed by atoms with E-state index < -0.39 is 0 Å². The van der Waals surface area contributed by atoms with Crippen LogP contribution in [0.5, 0.6) is 0 Å². The molecule has 0 N–H and O–H groups in total. The molecule has 0 fully saturated rings. The zero-order chi connectivity index (χ0) is 14.9. The molecular weight excluding hydrogens is 268 g/mol. The summed E-state index contributed by atoms with van der Waals surface area (Å²) in [5.41, 5.74) is 1.11. The summed E-state index contributed by atoms with van der Waals surface area (Å²) in [6.45, 7) is 9.00. The Hall–Kier alpha value is -1.28. The number of hydrogen-bond acceptors (Lipinski definition) is 2. The van der Waals surface area contributed by atoms with Gasteiger partial charge in [0.15, 0.2) is 0 Å². The zero-order valence-corrected chi connectivity index (χ0v) is 13.7. The molecule has 108 valence electrons. The molecule has 0 saturated heterocycles. The SMILES string of the molecule is CC(N(C)c1nc(CCl)cc2ccccc12)C(C)(C)C. The van der Waals surface area contributed by atoms with E-state index in [4.69, 9.17) is 16.6 Å². The summed E-state index contributed by atoms with van der Waals surface area (Å²) >= 11 is 5.99. The Balaban J connectivity index is 2.57. The third-order valence-electron chi connectivity index (χ3n) is 4.08. The largest absolute Gasteiger partial charge is 0.356 e. The normalized spacial score (nSPS) is 13.5. The maximum absolute atomic E-state index is 5.99. The summed E-state index contributed by atoms with van der Waals surface area (Å²) in [5.74, 6) is 1.46. The molecule has 0 amide bonds. The predicted octanol–water partition coefficient (Wildman–Crippen LogP) is 4.84. The summed E-state index contributed by atoms with van der Waals surface area (Å²) in [6.07, 6.45) is 0. The number of aromatic nitrogens is 1. The van der Waals surface area contributed by atoms with E-state index in [1.807, 2.05) is 0 Å². The van der Waals surface area contributed by atoms with E-state index >= 15 is 0 Å². The fourth-order valence-electron chi connectivity index (χ4n) is 2.34. The van der Waals surface area contributed by atoms with Crippen LogP contribution in [-0.2, 0) is 5.88 Å². The van der Waals surface area contributed by atoms with Crippen molar-refractivity contribution in [3.05, 3.63) is 36.0 Å². The lowest BCUT2D eigenvalue weighted by atomic mass is 9.87. The fraction of sp³-hybridized carbons (Fsp3) is 0.471. The minimum atomic E-state index is 0.189. The van der Waals surface area contributed by atoms with Crippen molar-refractivity contribution in [3.8, 4) is 0 Å². The van der Waals surface area contributed by atoms with Gasteiger partial charge in [-0.3, -0.25) is 0 Å². The number of fused-ring (bicyclic) bond motifs is 1. The maximum atomic E-state index is 5.99. The Bertz CT molecular complexity index is 601. The molecular formula is C17H23ClN2. The molecule has 0 saturated carbocycles. The first-order chi connectivity index (χ1) is 9.34. The second kappa shape index (κ2) is 5.61. The van der Waals surface area contributed by atoms with Gasteiger partial charge >= 0.3 is 0 Å². The standard InChI is InChI=1S/C17H23ClN2/c1-12(17(2,3)4)20(5)16-15-9-7-6-8-13(15)10-14(11-18)19-16/h6-10,12H,11H2,1-5H3. The second-order valence-corrected chi connectivity index (χ2v) is 6.71. The van der Waals surface area contributed by atoms with Gasteiger partial charge in [-0.15, -0.1) is 11.6 Å². The van der Waals surface area contributed by atoms with E-state index in [0.29, 0.717) is 11.9 Å². The number of alkyl halides is 1. The molecule has 0 aliphatic carbocycles. The smallest absolute Gasteiger partial charge is 0.136 e. The molecule has 1 heterocycles. The molecule has 0 radical (unpaired) electrons. The zero-order valence-electron chi connectivity index (χ0n) is 12.9. The highest BCUT2D eigenvalue weighted by molar-refractivity contribution is 6.17. The molecule has 20 heavy (non-hydrogen) atoms. The van der Waals surface area contributed by atoms with Gasteiger partial charge < -0.3 is 4.90 Å². The monoisotopic (exact) mass is 290 g/mol. The first-order valence-corrected chi connectivity index (χ1v) is 7.55. The minimum absolute atomic E-state index is 0.189. The quantitative estimate of drug-likeness (QED) is 0.752. The molecule has 0 aliphatic rings. The van der Waals surface area contributed by atoms with Gasteiger partial charge in [0.25, 0.3) is 0 Å². The fourth-order valence-corrected chi connectivity index (χ4v) is 2.47. The topological polar surface area (TPSA) is 16.1 Å². The molecule has 2 nitrogen and oxygen atoms in total. The van der Waals surface area contributed by atoms with Crippen LogP contribution in [-0.4, -0.2) is 18.1 Å². The number of anilines is 1. The van der Waals surface area contributed by atoms with Gasteiger partial charge in [-0.2, -0.15) is 0 Å². The van der Waals surface area contributed by atoms with Crippen LogP contribution in [0, 0.1) is 5.41 Å². The second-order valence-electron chi connectivity index (χ2n) is 6.44. The van der Waals surface area contributed by atoms with Gasteiger partial charge in [-0.1, -0.05) is 45.0 Å². The highest BCUT2D eigenvalue weighted by atomic mass is 35.5. The molecule has 1 atom stereocenters. The number of halogens is 1. The van der Waals surface area contributed by atoms with E-state index in [9.17, 15) is 0 Å². The van der Waals surface area contributed by atoms with Crippen LogP contribution in [0.15, 0.2) is 30.3 Å². The highest BCUT2D eigenvalue weighted by Gasteiger charge is 2.25. The molecule has 3 heteroatoms. The average molecular weight is 291 g/mol. The van der Waals surface area contributed by atoms with Crippen molar-refractivity contribution >= 4 is 28.2 Å². The maximum Gasteiger partial charge on any atom is 0.136 e. The van der Waals surface area contributed by atoms with Crippen LogP contribution in [0.3, 0.4) is 0 Å². The summed E-state index contributed by atoms with van der Waals surface area (Å²) in [5, 5.41) is 2.38. The third-order valence-corrected chi connectivity index (χ3v) is 4.35. The van der Waals surface area contributed by atoms with Crippen LogP contribution in [0.4, 0.5) is 5.82 Å². The van der Waals surface area contributed by atoms with E-state index in [-0.39, 0.29) is 5.41 Å². The van der Waals surface area contributed by atoms with E-state index in [2.05, 4.69) is 70.0 Å². The lowest BCUT2D eigenvalue weighted by Crippen LogP contribution is -2.40. The Morgan fingerprint density at radius 2 is 1.90 bits per heavy atom. The molecule has 2 aromatic rings. The van der Waals surface area contributed by atoms with Crippen molar-refractivity contribution in [1.29, 1.82) is 0 Å². The van der Waals surface area contributed by atoms with Gasteiger partial charge in [0.1, 0.15) is 5.82 Å². The number of rotatable bonds is 3. The van der Waals surface area contributed by atoms with Gasteiger partial charge in [0.05, 0.1) is 11.6 Å². The third kappa shape index (κ3) is 2.90. The number of nitrogens with zero attached hydrogens (tertiary/aromatic N) is 2. The summed E-state index contributed by atoms with van der Waals surface area (Å²) in [6, 6.07) is 10.8. The van der Waals surface area contributed by atoms with Crippen molar-refractivity contribution in [2.45, 2.75) is 39.6 Å². The summed E-state index contributed by atoms with van der Waals surface area (Å²) < 4.78 is 0. The number of pyridine rings is 1. The lowest BCUT2D eigenvalue weighted by molar-refractivity contribution is 0.329. The van der Waals surface area contributed by atoms with Crippen molar-refractivity contribution in [3.63, 3.8) is 0 Å². The van der Waals surface area contributed by atoms with Crippen LogP contribution in [0.2, 0.25) is 0 Å². The molecule has 1 aromatic heterocycles. The van der Waals surface area contributed by atoms with E-state index in [0.717, 1.165) is 11.5 Å². The Morgan fingerprint density at radius 3 is 2.50 bits per heavy atom. The average Bonchev–Trinajstić information content (AvgIpc) is 2.43. The predicted molar refractivity (Wildman–Crippen MR) is 88.6 cm³/mol. The van der Waals surface area contributed by atoms with Gasteiger partial charge in [0.2, 0.25) is 0 Å². The van der Waals surface area contributed by atoms with Crippen molar-refractivity contribution in [1.82, 2.24) is 4.98 Å². The molecule has 2 rings (SSSR count). The lowest BCUT2D eigenvalue weighted by Gasteiger charge is -2.36. The first-order valence-electron chi connectivity index (χ1n) is 7.02. The molecule has 0 bridgehead atoms. The molecule has 1 aromatic carbocycles. The van der Waals surface area contributed by atoms with Gasteiger partial charge in [0, 0.05) is 18.5 Å². The van der Waals surface area contributed by atoms with Crippen molar-refractivity contribution in [2.24, 2.45) is 5.41 Å².